The first-order chi connectivity index (χ1) is 7.67. The third kappa shape index (κ3) is 2.33. The number of nitrogens with one attached hydrogen (secondary N) is 1. The Morgan fingerprint density at radius 2 is 2.12 bits per heavy atom. The average molecular weight is 225 g/mol. The Labute approximate surface area is 93.9 Å². The number of aromatic hydroxyl groups is 1. The maximum Gasteiger partial charge on any atom is 0.165 e. The molecule has 0 aromatic heterocycles. The highest BCUT2D eigenvalue weighted by Crippen LogP contribution is 2.44. The van der Waals surface area contributed by atoms with Crippen molar-refractivity contribution in [2.75, 3.05) is 13.2 Å². The normalized spacial score (nSPS) is 17.4. The first-order valence-electron chi connectivity index (χ1n) is 5.45. The zero-order chi connectivity index (χ0) is 11.6. The van der Waals surface area contributed by atoms with Crippen molar-refractivity contribution in [3.8, 4) is 5.75 Å². The number of benzene rings is 1. The molecule has 2 rings (SSSR count). The largest absolute Gasteiger partial charge is 0.505 e. The van der Waals surface area contributed by atoms with Gasteiger partial charge in [0.05, 0.1) is 0 Å². The van der Waals surface area contributed by atoms with Crippen molar-refractivity contribution in [1.82, 2.24) is 5.32 Å². The van der Waals surface area contributed by atoms with E-state index in [0.29, 0.717) is 18.7 Å². The van der Waals surface area contributed by atoms with Crippen molar-refractivity contribution in [2.45, 2.75) is 19.4 Å². The molecule has 3 nitrogen and oxygen atoms in total. The molecule has 0 radical (unpaired) electrons. The molecule has 16 heavy (non-hydrogen) atoms. The number of halogens is 1. The molecule has 1 aromatic carbocycles. The number of rotatable bonds is 5. The lowest BCUT2D eigenvalue weighted by molar-refractivity contribution is 0.207. The summed E-state index contributed by atoms with van der Waals surface area (Å²) < 4.78 is 13.0. The summed E-state index contributed by atoms with van der Waals surface area (Å²) in [5, 5.41) is 21.7. The molecule has 0 amide bonds. The second-order valence-corrected chi connectivity index (χ2v) is 4.51. The van der Waals surface area contributed by atoms with Crippen LogP contribution in [0.3, 0.4) is 0 Å². The minimum Gasteiger partial charge on any atom is -0.505 e. The van der Waals surface area contributed by atoms with Gasteiger partial charge in [-0.2, -0.15) is 0 Å². The molecular formula is C12H16FNO2. The average Bonchev–Trinajstić information content (AvgIpc) is 3.05. The Bertz CT molecular complexity index is 377. The molecule has 0 unspecified atom stereocenters. The van der Waals surface area contributed by atoms with Gasteiger partial charge in [0.2, 0.25) is 0 Å². The molecule has 1 aromatic rings. The first kappa shape index (κ1) is 11.4. The van der Waals surface area contributed by atoms with Crippen molar-refractivity contribution in [2.24, 2.45) is 5.41 Å². The van der Waals surface area contributed by atoms with Gasteiger partial charge in [-0.3, -0.25) is 0 Å². The van der Waals surface area contributed by atoms with Crippen molar-refractivity contribution >= 4 is 0 Å². The topological polar surface area (TPSA) is 52.5 Å². The maximum atomic E-state index is 13.0. The standard InChI is InChI=1S/C12H16FNO2/c13-10-3-1-2-9(11(10)16)6-14-7-12(8-15)4-5-12/h1-3,14-16H,4-8H2. The summed E-state index contributed by atoms with van der Waals surface area (Å²) in [4.78, 5) is 0. The van der Waals surface area contributed by atoms with Gasteiger partial charge in [0.15, 0.2) is 11.6 Å². The molecule has 4 heteroatoms. The van der Waals surface area contributed by atoms with Crippen LogP contribution in [0.5, 0.6) is 5.75 Å². The fraction of sp³-hybridized carbons (Fsp3) is 0.500. The van der Waals surface area contributed by atoms with Gasteiger partial charge in [0, 0.05) is 30.7 Å². The minimum atomic E-state index is -0.595. The SMILES string of the molecule is OCC1(CNCc2cccc(F)c2O)CC1. The smallest absolute Gasteiger partial charge is 0.165 e. The van der Waals surface area contributed by atoms with Crippen molar-refractivity contribution < 1.29 is 14.6 Å². The molecule has 1 saturated carbocycles. The fourth-order valence-corrected chi connectivity index (χ4v) is 1.73. The molecule has 0 aliphatic heterocycles. The lowest BCUT2D eigenvalue weighted by atomic mass is 10.1. The lowest BCUT2D eigenvalue weighted by Crippen LogP contribution is -2.26. The lowest BCUT2D eigenvalue weighted by Gasteiger charge is -2.13. The van der Waals surface area contributed by atoms with Crippen LogP contribution in [0.1, 0.15) is 18.4 Å². The van der Waals surface area contributed by atoms with Crippen LogP contribution in [0.4, 0.5) is 4.39 Å². The highest BCUT2D eigenvalue weighted by molar-refractivity contribution is 5.33. The van der Waals surface area contributed by atoms with Gasteiger partial charge in [0.1, 0.15) is 0 Å². The monoisotopic (exact) mass is 225 g/mol. The number of para-hydroxylation sites is 1. The van der Waals surface area contributed by atoms with Gasteiger partial charge < -0.3 is 15.5 Å². The van der Waals surface area contributed by atoms with Crippen LogP contribution in [0.25, 0.3) is 0 Å². The second-order valence-electron chi connectivity index (χ2n) is 4.51. The first-order valence-corrected chi connectivity index (χ1v) is 5.45. The van der Waals surface area contributed by atoms with Crippen molar-refractivity contribution in [3.05, 3.63) is 29.6 Å². The van der Waals surface area contributed by atoms with E-state index in [1.807, 2.05) is 0 Å². The molecule has 0 spiro atoms. The summed E-state index contributed by atoms with van der Waals surface area (Å²) in [5.41, 5.74) is 0.580. The van der Waals surface area contributed by atoms with Gasteiger partial charge >= 0.3 is 0 Å². The van der Waals surface area contributed by atoms with Crippen LogP contribution in [0.15, 0.2) is 18.2 Å². The number of hydrogen-bond acceptors (Lipinski definition) is 3. The number of aliphatic hydroxyl groups is 1. The summed E-state index contributed by atoms with van der Waals surface area (Å²) in [7, 11) is 0. The molecule has 0 atom stereocenters. The minimum absolute atomic E-state index is 0.0307. The maximum absolute atomic E-state index is 13.0. The fourth-order valence-electron chi connectivity index (χ4n) is 1.73. The molecule has 0 heterocycles. The van der Waals surface area contributed by atoms with Crippen molar-refractivity contribution in [3.63, 3.8) is 0 Å². The molecule has 88 valence electrons. The van der Waals surface area contributed by atoms with E-state index in [2.05, 4.69) is 5.32 Å². The van der Waals surface area contributed by atoms with E-state index in [1.165, 1.54) is 6.07 Å². The highest BCUT2D eigenvalue weighted by Gasteiger charge is 2.41. The van der Waals surface area contributed by atoms with Gasteiger partial charge in [-0.05, 0) is 18.9 Å². The van der Waals surface area contributed by atoms with E-state index in [4.69, 9.17) is 5.11 Å². The third-order valence-corrected chi connectivity index (χ3v) is 3.18. The molecule has 3 N–H and O–H groups in total. The number of hydrogen-bond donors (Lipinski definition) is 3. The summed E-state index contributed by atoms with van der Waals surface area (Å²) in [6.07, 6.45) is 2.07. The zero-order valence-electron chi connectivity index (χ0n) is 9.04. The third-order valence-electron chi connectivity index (χ3n) is 3.18. The van der Waals surface area contributed by atoms with Crippen LogP contribution in [0, 0.1) is 11.2 Å². The van der Waals surface area contributed by atoms with Gasteiger partial charge in [0.25, 0.3) is 0 Å². The molecule has 0 bridgehead atoms. The van der Waals surface area contributed by atoms with Gasteiger partial charge in [-0.25, -0.2) is 4.39 Å². The van der Waals surface area contributed by atoms with E-state index in [0.717, 1.165) is 12.8 Å². The number of phenolic OH excluding ortho intramolecular Hbond substituents is 1. The summed E-state index contributed by atoms with van der Waals surface area (Å²) >= 11 is 0. The van der Waals surface area contributed by atoms with E-state index < -0.39 is 5.82 Å². The Balaban J connectivity index is 1.88. The van der Waals surface area contributed by atoms with Gasteiger partial charge in [-0.1, -0.05) is 12.1 Å². The molecule has 1 fully saturated rings. The Morgan fingerprint density at radius 1 is 1.38 bits per heavy atom. The Morgan fingerprint density at radius 3 is 2.75 bits per heavy atom. The van der Waals surface area contributed by atoms with E-state index in [9.17, 15) is 9.50 Å². The van der Waals surface area contributed by atoms with Gasteiger partial charge in [-0.15, -0.1) is 0 Å². The van der Waals surface area contributed by atoms with E-state index in [-0.39, 0.29) is 17.8 Å². The number of aliphatic hydroxyl groups excluding tert-OH is 1. The Kier molecular flexibility index (Phi) is 3.12. The zero-order valence-corrected chi connectivity index (χ0v) is 9.04. The quantitative estimate of drug-likeness (QED) is 0.710. The van der Waals surface area contributed by atoms with E-state index in [1.54, 1.807) is 12.1 Å². The highest BCUT2D eigenvalue weighted by atomic mass is 19.1. The molecular weight excluding hydrogens is 209 g/mol. The summed E-state index contributed by atoms with van der Waals surface area (Å²) in [6, 6.07) is 4.49. The molecule has 1 aliphatic rings. The van der Waals surface area contributed by atoms with Crippen LogP contribution >= 0.6 is 0 Å². The second kappa shape index (κ2) is 4.39. The van der Waals surface area contributed by atoms with E-state index >= 15 is 0 Å². The number of phenols is 1. The molecule has 1 aliphatic carbocycles. The predicted molar refractivity (Wildman–Crippen MR) is 58.5 cm³/mol. The predicted octanol–water partition coefficient (Wildman–Crippen LogP) is 1.39. The van der Waals surface area contributed by atoms with Crippen LogP contribution < -0.4 is 5.32 Å². The molecule has 0 saturated heterocycles. The summed E-state index contributed by atoms with van der Waals surface area (Å²) in [5.74, 6) is -0.883. The van der Waals surface area contributed by atoms with Crippen LogP contribution in [0.2, 0.25) is 0 Å². The van der Waals surface area contributed by atoms with Crippen molar-refractivity contribution in [1.29, 1.82) is 0 Å². The van der Waals surface area contributed by atoms with Crippen LogP contribution in [-0.2, 0) is 6.54 Å². The Hall–Kier alpha value is -1.13. The summed E-state index contributed by atoms with van der Waals surface area (Å²) in [6.45, 7) is 1.32. The van der Waals surface area contributed by atoms with Crippen LogP contribution in [-0.4, -0.2) is 23.4 Å².